The molecule has 3 heterocycles. The summed E-state index contributed by atoms with van der Waals surface area (Å²) in [5, 5.41) is 16.1. The first-order chi connectivity index (χ1) is 30.6. The molecule has 2 amide bonds. The van der Waals surface area contributed by atoms with Gasteiger partial charge in [0.25, 0.3) is 5.91 Å². The number of ether oxygens (including phenoxy) is 2. The number of aliphatic hydroxyl groups is 1. The molecule has 1 aliphatic heterocycles. The van der Waals surface area contributed by atoms with Crippen molar-refractivity contribution in [3.05, 3.63) is 12.7 Å². The van der Waals surface area contributed by atoms with Crippen molar-refractivity contribution in [3.8, 4) is 0 Å². The zero-order valence-corrected chi connectivity index (χ0v) is 40.6. The maximum absolute atomic E-state index is 13.4. The summed E-state index contributed by atoms with van der Waals surface area (Å²) in [7, 11) is -16.5. The largest absolute Gasteiger partial charge is 0.481 e. The SMILES string of the molecule is CCCCCCCCCCCCCCCC(=O)O[C@@H](C(=O)NCCC(=O)NCCS)C(C)(C)COP(=O)(O)OP(=O)(O)OC[C@H]1O[C@@H](n2cnc3c(N)ncnc32)[C@H](O)[C@@H]1OP(=O)(O)O. The van der Waals surface area contributed by atoms with Gasteiger partial charge < -0.3 is 50.5 Å². The van der Waals surface area contributed by atoms with Gasteiger partial charge in [-0.1, -0.05) is 97.8 Å². The van der Waals surface area contributed by atoms with E-state index in [1.165, 1.54) is 58.8 Å². The number of nitrogen functional groups attached to an aromatic ring is 1. The molecule has 372 valence electrons. The molecule has 9 N–H and O–H groups in total. The predicted octanol–water partition coefficient (Wildman–Crippen LogP) is 4.37. The van der Waals surface area contributed by atoms with Gasteiger partial charge in [0.1, 0.15) is 30.2 Å². The smallest absolute Gasteiger partial charge is 0.452 e. The molecular weight excluding hydrogens is 939 g/mol. The molecule has 0 saturated carbocycles. The van der Waals surface area contributed by atoms with Crippen LogP contribution in [0.15, 0.2) is 12.7 Å². The maximum Gasteiger partial charge on any atom is 0.481 e. The fourth-order valence-electron chi connectivity index (χ4n) is 6.82. The summed E-state index contributed by atoms with van der Waals surface area (Å²) < 4.78 is 69.2. The van der Waals surface area contributed by atoms with Crippen LogP contribution in [0, 0.1) is 5.41 Å². The van der Waals surface area contributed by atoms with Crippen molar-refractivity contribution in [2.45, 2.75) is 148 Å². The molecule has 1 fully saturated rings. The predicted molar refractivity (Wildman–Crippen MR) is 238 cm³/mol. The topological polar surface area (TPSA) is 353 Å². The number of esters is 1. The van der Waals surface area contributed by atoms with E-state index >= 15 is 0 Å². The molecule has 65 heavy (non-hydrogen) atoms. The summed E-state index contributed by atoms with van der Waals surface area (Å²) in [5.41, 5.74) is 4.33. The number of carbonyl (C=O) groups excluding carboxylic acids is 3. The zero-order chi connectivity index (χ0) is 48.3. The molecule has 1 aliphatic rings. The molecule has 2 aromatic heterocycles. The number of anilines is 1. The van der Waals surface area contributed by atoms with Crippen molar-refractivity contribution in [2.75, 3.05) is 37.8 Å². The lowest BCUT2D eigenvalue weighted by Gasteiger charge is -2.33. The Bertz CT molecular complexity index is 1960. The van der Waals surface area contributed by atoms with Crippen molar-refractivity contribution in [1.29, 1.82) is 0 Å². The third kappa shape index (κ3) is 20.3. The van der Waals surface area contributed by atoms with Crippen LogP contribution >= 0.6 is 36.1 Å². The number of imidazole rings is 1. The van der Waals surface area contributed by atoms with Gasteiger partial charge in [0.05, 0.1) is 19.5 Å². The molecule has 3 rings (SSSR count). The molecular formula is C37H66N7O17P3S. The highest BCUT2D eigenvalue weighted by Gasteiger charge is 2.50. The van der Waals surface area contributed by atoms with E-state index in [0.717, 1.165) is 49.3 Å². The lowest BCUT2D eigenvalue weighted by Crippen LogP contribution is -2.49. The van der Waals surface area contributed by atoms with Gasteiger partial charge >= 0.3 is 29.4 Å². The summed E-state index contributed by atoms with van der Waals surface area (Å²) in [6.45, 7) is 3.06. The first kappa shape index (κ1) is 56.7. The van der Waals surface area contributed by atoms with E-state index in [1.807, 2.05) is 0 Å². The highest BCUT2D eigenvalue weighted by molar-refractivity contribution is 7.80. The molecule has 7 atom stereocenters. The average molecular weight is 1010 g/mol. The number of hydrogen-bond acceptors (Lipinski definition) is 18. The molecule has 0 aromatic carbocycles. The van der Waals surface area contributed by atoms with E-state index in [4.69, 9.17) is 28.8 Å². The molecule has 0 spiro atoms. The number of phosphoric acid groups is 3. The number of fused-ring (bicyclic) bond motifs is 1. The number of phosphoric ester groups is 3. The van der Waals surface area contributed by atoms with Gasteiger partial charge in [-0.3, -0.25) is 32.5 Å². The van der Waals surface area contributed by atoms with Crippen molar-refractivity contribution < 1.29 is 80.1 Å². The van der Waals surface area contributed by atoms with Crippen LogP contribution in [0.4, 0.5) is 5.82 Å². The van der Waals surface area contributed by atoms with Crippen molar-refractivity contribution in [1.82, 2.24) is 30.2 Å². The van der Waals surface area contributed by atoms with Gasteiger partial charge in [-0.25, -0.2) is 28.6 Å². The Morgan fingerprint density at radius 1 is 0.877 bits per heavy atom. The Balaban J connectivity index is 1.59. The summed E-state index contributed by atoms with van der Waals surface area (Å²) in [6, 6.07) is 0. The van der Waals surface area contributed by atoms with Crippen molar-refractivity contribution in [3.63, 3.8) is 0 Å². The normalized spacial score (nSPS) is 20.3. The maximum atomic E-state index is 13.4. The molecule has 2 unspecified atom stereocenters. The second-order valence-corrected chi connectivity index (χ2v) is 20.9. The fourth-order valence-corrected chi connectivity index (χ4v) is 9.76. The monoisotopic (exact) mass is 1010 g/mol. The van der Waals surface area contributed by atoms with Gasteiger partial charge in [-0.2, -0.15) is 16.9 Å². The number of carbonyl (C=O) groups is 3. The van der Waals surface area contributed by atoms with E-state index in [2.05, 4.69) is 49.4 Å². The van der Waals surface area contributed by atoms with Gasteiger partial charge in [0, 0.05) is 37.1 Å². The minimum Gasteiger partial charge on any atom is -0.452 e. The van der Waals surface area contributed by atoms with Gasteiger partial charge in [0.15, 0.2) is 23.8 Å². The van der Waals surface area contributed by atoms with E-state index in [1.54, 1.807) is 0 Å². The molecule has 1 saturated heterocycles. The van der Waals surface area contributed by atoms with Crippen molar-refractivity contribution >= 4 is 70.9 Å². The number of aliphatic hydroxyl groups excluding tert-OH is 1. The van der Waals surface area contributed by atoms with Gasteiger partial charge in [-0.15, -0.1) is 0 Å². The number of unbranched alkanes of at least 4 members (excludes halogenated alkanes) is 12. The minimum absolute atomic E-state index is 0.0261. The van der Waals surface area contributed by atoms with E-state index in [-0.39, 0.29) is 42.3 Å². The Hall–Kier alpha value is -2.60. The molecule has 24 nitrogen and oxygen atoms in total. The molecule has 0 aliphatic carbocycles. The summed E-state index contributed by atoms with van der Waals surface area (Å²) in [4.78, 5) is 90.4. The lowest BCUT2D eigenvalue weighted by molar-refractivity contribution is -0.165. The number of thiol groups is 1. The van der Waals surface area contributed by atoms with Crippen LogP contribution in [0.5, 0.6) is 0 Å². The Labute approximate surface area is 383 Å². The third-order valence-corrected chi connectivity index (χ3v) is 13.5. The second-order valence-electron chi connectivity index (χ2n) is 16.3. The molecule has 0 bridgehead atoms. The quantitative estimate of drug-likeness (QED) is 0.0207. The van der Waals surface area contributed by atoms with Gasteiger partial charge in [-0.05, 0) is 6.42 Å². The minimum atomic E-state index is -5.62. The summed E-state index contributed by atoms with van der Waals surface area (Å²) >= 11 is 4.03. The van der Waals surface area contributed by atoms with E-state index < -0.39 is 84.6 Å². The Kier molecular flexibility index (Phi) is 23.9. The second kappa shape index (κ2) is 27.4. The number of nitrogens with one attached hydrogen (secondary N) is 2. The molecule has 0 radical (unpaired) electrons. The van der Waals surface area contributed by atoms with Crippen LogP contribution in [0.1, 0.15) is 123 Å². The fraction of sp³-hybridized carbons (Fsp3) is 0.784. The number of aromatic nitrogens is 4. The lowest BCUT2D eigenvalue weighted by atomic mass is 9.86. The van der Waals surface area contributed by atoms with E-state index in [0.29, 0.717) is 18.7 Å². The number of rotatable bonds is 33. The summed E-state index contributed by atoms with van der Waals surface area (Å²) in [6.07, 6.45) is 7.57. The summed E-state index contributed by atoms with van der Waals surface area (Å²) in [5.74, 6) is -1.60. The third-order valence-electron chi connectivity index (χ3n) is 10.2. The number of amides is 2. The highest BCUT2D eigenvalue weighted by atomic mass is 32.1. The highest BCUT2D eigenvalue weighted by Crippen LogP contribution is 2.61. The Morgan fingerprint density at radius 3 is 2.08 bits per heavy atom. The first-order valence-corrected chi connectivity index (χ1v) is 26.8. The van der Waals surface area contributed by atoms with Crippen LogP contribution in [-0.4, -0.2) is 118 Å². The number of nitrogens with zero attached hydrogens (tertiary/aromatic N) is 4. The number of hydrogen-bond donors (Lipinski definition) is 9. The molecule has 2 aromatic rings. The Morgan fingerprint density at radius 2 is 1.48 bits per heavy atom. The standard InChI is InChI=1S/C37H66N7O17P3S/c1-4-5-6-7-8-9-10-11-12-13-14-15-16-17-28(46)59-32(35(48)40-19-18-27(45)39-20-21-65)37(2,3)23-57-64(54,55)61-63(52,53)56-22-26-31(60-62(49,50)51)30(47)36(58-26)44-25-43-29-33(38)41-24-42-34(29)44/h24-26,30-32,36,47,65H,4-23H2,1-3H3,(H,39,45)(H,40,48)(H,52,53)(H,54,55)(H2,38,41,42)(H2,49,50,51)/t26-,30-,31-,32+,36-/m1/s1. The van der Waals surface area contributed by atoms with Crippen LogP contribution in [0.25, 0.3) is 11.2 Å². The van der Waals surface area contributed by atoms with Crippen LogP contribution in [0.2, 0.25) is 0 Å². The van der Waals surface area contributed by atoms with Crippen LogP contribution < -0.4 is 16.4 Å². The van der Waals surface area contributed by atoms with Crippen LogP contribution in [-0.2, 0) is 55.4 Å². The number of nitrogens with two attached hydrogens (primary N) is 1. The van der Waals surface area contributed by atoms with E-state index in [9.17, 15) is 52.8 Å². The van der Waals surface area contributed by atoms with Crippen molar-refractivity contribution in [2.24, 2.45) is 5.41 Å². The van der Waals surface area contributed by atoms with Crippen LogP contribution in [0.3, 0.4) is 0 Å². The zero-order valence-electron chi connectivity index (χ0n) is 37.0. The average Bonchev–Trinajstić information content (AvgIpc) is 3.79. The van der Waals surface area contributed by atoms with Gasteiger partial charge in [0.2, 0.25) is 5.91 Å². The molecule has 28 heteroatoms. The first-order valence-electron chi connectivity index (χ1n) is 21.6.